The molecule has 0 fully saturated rings. The van der Waals surface area contributed by atoms with Gasteiger partial charge in [0, 0.05) is 23.6 Å². The van der Waals surface area contributed by atoms with Gasteiger partial charge in [-0.3, -0.25) is 0 Å². The van der Waals surface area contributed by atoms with Gasteiger partial charge in [-0.2, -0.15) is 0 Å². The van der Waals surface area contributed by atoms with E-state index in [2.05, 4.69) is 42.5 Å². The van der Waals surface area contributed by atoms with Crippen molar-refractivity contribution in [3.63, 3.8) is 0 Å². The molecule has 5 aromatic rings. The van der Waals surface area contributed by atoms with Crippen LogP contribution in [-0.2, 0) is 31.0 Å². The third kappa shape index (κ3) is 6.36. The predicted octanol–water partition coefficient (Wildman–Crippen LogP) is 8.37. The number of hydrogen-bond acceptors (Lipinski definition) is 4. The zero-order chi connectivity index (χ0) is 27.0. The summed E-state index contributed by atoms with van der Waals surface area (Å²) in [6.45, 7) is 1.48. The highest BCUT2D eigenvalue weighted by Gasteiger charge is 2.23. The van der Waals surface area contributed by atoms with Gasteiger partial charge in [0.2, 0.25) is 0 Å². The van der Waals surface area contributed by atoms with E-state index in [9.17, 15) is 0 Å². The summed E-state index contributed by atoms with van der Waals surface area (Å²) < 4.78 is 24.9. The Morgan fingerprint density at radius 3 is 1.57 bits per heavy atom. The van der Waals surface area contributed by atoms with E-state index in [4.69, 9.17) is 18.9 Å². The van der Waals surface area contributed by atoms with Crippen molar-refractivity contribution in [3.8, 4) is 17.2 Å². The highest BCUT2D eigenvalue weighted by atomic mass is 16.5. The van der Waals surface area contributed by atoms with Gasteiger partial charge in [-0.15, -0.1) is 0 Å². The van der Waals surface area contributed by atoms with Crippen molar-refractivity contribution in [2.24, 2.45) is 0 Å². The number of rotatable bonds is 10. The molecule has 0 saturated carbocycles. The van der Waals surface area contributed by atoms with Crippen molar-refractivity contribution >= 4 is 5.76 Å². The van der Waals surface area contributed by atoms with Crippen LogP contribution in [0.5, 0.6) is 17.2 Å². The van der Waals surface area contributed by atoms with E-state index in [0.717, 1.165) is 50.8 Å². The minimum absolute atomic E-state index is 0.467. The van der Waals surface area contributed by atoms with Crippen molar-refractivity contribution in [1.29, 1.82) is 0 Å². The van der Waals surface area contributed by atoms with Crippen molar-refractivity contribution < 1.29 is 18.9 Å². The summed E-state index contributed by atoms with van der Waals surface area (Å²) in [7, 11) is 0. The molecule has 1 aliphatic heterocycles. The monoisotopic (exact) mass is 526 g/mol. The van der Waals surface area contributed by atoms with E-state index in [1.807, 2.05) is 91.0 Å². The molecular formula is C36H30O4. The Morgan fingerprint density at radius 2 is 1.00 bits per heavy atom. The lowest BCUT2D eigenvalue weighted by atomic mass is 10.0. The zero-order valence-corrected chi connectivity index (χ0v) is 22.2. The van der Waals surface area contributed by atoms with Crippen LogP contribution in [0.1, 0.15) is 27.8 Å². The average molecular weight is 527 g/mol. The summed E-state index contributed by atoms with van der Waals surface area (Å²) in [5, 5.41) is 0. The van der Waals surface area contributed by atoms with E-state index in [1.54, 1.807) is 0 Å². The minimum Gasteiger partial charge on any atom is -0.489 e. The van der Waals surface area contributed by atoms with Crippen molar-refractivity contribution in [1.82, 2.24) is 0 Å². The van der Waals surface area contributed by atoms with Crippen LogP contribution in [0.2, 0.25) is 0 Å². The fourth-order valence-electron chi connectivity index (χ4n) is 4.55. The van der Waals surface area contributed by atoms with E-state index < -0.39 is 0 Å². The fourth-order valence-corrected chi connectivity index (χ4v) is 4.55. The maximum atomic E-state index is 6.51. The Bertz CT molecular complexity index is 1560. The molecule has 6 rings (SSSR count). The van der Waals surface area contributed by atoms with Gasteiger partial charge in [0.05, 0.1) is 0 Å². The predicted molar refractivity (Wildman–Crippen MR) is 157 cm³/mol. The Balaban J connectivity index is 1.22. The lowest BCUT2D eigenvalue weighted by Gasteiger charge is -2.24. The van der Waals surface area contributed by atoms with Crippen LogP contribution in [-0.4, -0.2) is 0 Å². The van der Waals surface area contributed by atoms with Crippen LogP contribution >= 0.6 is 0 Å². The van der Waals surface area contributed by atoms with Gasteiger partial charge in [0.15, 0.2) is 5.76 Å². The number of ether oxygens (including phenoxy) is 4. The van der Waals surface area contributed by atoms with E-state index in [0.29, 0.717) is 32.0 Å². The first-order chi connectivity index (χ1) is 19.8. The molecule has 4 nitrogen and oxygen atoms in total. The largest absolute Gasteiger partial charge is 0.489 e. The highest BCUT2D eigenvalue weighted by molar-refractivity contribution is 5.68. The lowest BCUT2D eigenvalue weighted by molar-refractivity contribution is 0.184. The molecule has 40 heavy (non-hydrogen) atoms. The quantitative estimate of drug-likeness (QED) is 0.183. The Hall–Kier alpha value is -4.96. The molecule has 0 aromatic heterocycles. The molecule has 0 N–H and O–H groups in total. The summed E-state index contributed by atoms with van der Waals surface area (Å²) >= 11 is 0. The number of allylic oxidation sites excluding steroid dienone is 1. The van der Waals surface area contributed by atoms with Crippen molar-refractivity contribution in [2.45, 2.75) is 26.2 Å². The van der Waals surface area contributed by atoms with Crippen molar-refractivity contribution in [2.75, 3.05) is 0 Å². The molecule has 0 bridgehead atoms. The van der Waals surface area contributed by atoms with Gasteiger partial charge >= 0.3 is 0 Å². The van der Waals surface area contributed by atoms with Gasteiger partial charge < -0.3 is 18.9 Å². The van der Waals surface area contributed by atoms with Gasteiger partial charge in [-0.05, 0) is 47.0 Å². The summed E-state index contributed by atoms with van der Waals surface area (Å²) in [6, 6.07) is 44.4. The summed E-state index contributed by atoms with van der Waals surface area (Å²) in [4.78, 5) is 0. The van der Waals surface area contributed by atoms with Gasteiger partial charge in [0.25, 0.3) is 0 Å². The van der Waals surface area contributed by atoms with Crippen molar-refractivity contribution in [3.05, 3.63) is 167 Å². The normalized spacial score (nSPS) is 12.3. The number of hydrogen-bond donors (Lipinski definition) is 0. The van der Waals surface area contributed by atoms with E-state index in [1.165, 1.54) is 0 Å². The molecular weight excluding hydrogens is 496 g/mol. The standard InChI is InChI=1S/C36H30O4/c1-4-10-27(11-5-1)24-37-32-19-16-30(17-20-32)36-35(39-26-29-14-8-3-9-15-29)22-31-18-21-33(23-34(31)40-36)38-25-28-12-6-2-7-13-28/h1-21,23H,22,24-26H2. The summed E-state index contributed by atoms with van der Waals surface area (Å²) in [5.41, 5.74) is 5.34. The lowest BCUT2D eigenvalue weighted by Crippen LogP contribution is -2.12. The first kappa shape index (κ1) is 25.3. The number of fused-ring (bicyclic) bond motifs is 1. The second-order valence-corrected chi connectivity index (χ2v) is 9.65. The van der Waals surface area contributed by atoms with Gasteiger partial charge in [-0.1, -0.05) is 97.1 Å². The fraction of sp³-hybridized carbons (Fsp3) is 0.111. The molecule has 1 aliphatic rings. The molecule has 4 heteroatoms. The molecule has 0 amide bonds. The van der Waals surface area contributed by atoms with Crippen LogP contribution in [0.4, 0.5) is 0 Å². The second kappa shape index (κ2) is 12.3. The Kier molecular flexibility index (Phi) is 7.77. The second-order valence-electron chi connectivity index (χ2n) is 9.65. The van der Waals surface area contributed by atoms with Crippen LogP contribution in [0, 0.1) is 0 Å². The van der Waals surface area contributed by atoms with Gasteiger partial charge in [-0.25, -0.2) is 0 Å². The van der Waals surface area contributed by atoms with Crippen LogP contribution in [0.25, 0.3) is 5.76 Å². The molecule has 0 unspecified atom stereocenters. The first-order valence-corrected chi connectivity index (χ1v) is 13.4. The maximum Gasteiger partial charge on any atom is 0.172 e. The third-order valence-corrected chi connectivity index (χ3v) is 6.72. The molecule has 0 radical (unpaired) electrons. The van der Waals surface area contributed by atoms with Crippen LogP contribution in [0.3, 0.4) is 0 Å². The van der Waals surface area contributed by atoms with Crippen LogP contribution < -0.4 is 14.2 Å². The first-order valence-electron chi connectivity index (χ1n) is 13.4. The minimum atomic E-state index is 0.467. The molecule has 0 saturated heterocycles. The summed E-state index contributed by atoms with van der Waals surface area (Å²) in [6.07, 6.45) is 0.628. The summed E-state index contributed by atoms with van der Waals surface area (Å²) in [5.74, 6) is 3.84. The number of benzene rings is 5. The molecule has 5 aromatic carbocycles. The van der Waals surface area contributed by atoms with E-state index in [-0.39, 0.29) is 0 Å². The van der Waals surface area contributed by atoms with E-state index >= 15 is 0 Å². The molecule has 0 atom stereocenters. The highest BCUT2D eigenvalue weighted by Crippen LogP contribution is 2.38. The van der Waals surface area contributed by atoms with Gasteiger partial charge in [0.1, 0.15) is 42.8 Å². The molecule has 0 spiro atoms. The zero-order valence-electron chi connectivity index (χ0n) is 22.2. The smallest absolute Gasteiger partial charge is 0.172 e. The molecule has 198 valence electrons. The maximum absolute atomic E-state index is 6.51. The molecule has 0 aliphatic carbocycles. The SMILES string of the molecule is c1ccc(COC2=C(c3ccc(OCc4ccccc4)cc3)Oc3cc(OCc4ccccc4)ccc3C2)cc1. The average Bonchev–Trinajstić information content (AvgIpc) is 3.03. The third-order valence-electron chi connectivity index (χ3n) is 6.72. The molecule has 1 heterocycles. The van der Waals surface area contributed by atoms with Crippen LogP contribution in [0.15, 0.2) is 139 Å². The topological polar surface area (TPSA) is 36.9 Å². The Labute approximate surface area is 235 Å². The Morgan fingerprint density at radius 1 is 0.500 bits per heavy atom.